The van der Waals surface area contributed by atoms with Crippen molar-refractivity contribution in [2.75, 3.05) is 13.1 Å². The third-order valence-corrected chi connectivity index (χ3v) is 3.39. The molecule has 0 aromatic rings. The predicted octanol–water partition coefficient (Wildman–Crippen LogP) is 3.75. The van der Waals surface area contributed by atoms with Crippen molar-refractivity contribution in [1.82, 2.24) is 16.0 Å². The highest BCUT2D eigenvalue weighted by atomic mass is 16.2. The first-order valence-electron chi connectivity index (χ1n) is 8.58. The molecule has 0 unspecified atom stereocenters. The lowest BCUT2D eigenvalue weighted by Gasteiger charge is -2.10. The first kappa shape index (κ1) is 19.7. The van der Waals surface area contributed by atoms with Crippen molar-refractivity contribution in [2.24, 2.45) is 0 Å². The van der Waals surface area contributed by atoms with E-state index in [1.54, 1.807) is 0 Å². The van der Waals surface area contributed by atoms with Gasteiger partial charge in [0.25, 0.3) is 0 Å². The second kappa shape index (κ2) is 15.1. The number of rotatable bonds is 12. The number of amides is 2. The van der Waals surface area contributed by atoms with E-state index in [-0.39, 0.29) is 12.0 Å². The van der Waals surface area contributed by atoms with Gasteiger partial charge in [-0.25, -0.2) is 4.79 Å². The molecule has 0 aliphatic rings. The second-order valence-corrected chi connectivity index (χ2v) is 5.51. The highest BCUT2D eigenvalue weighted by Gasteiger charge is 2.02. The molecular weight excluding hydrogens is 264 g/mol. The molecular formula is C16H34N4O. The average molecular weight is 298 g/mol. The van der Waals surface area contributed by atoms with Crippen LogP contribution in [-0.2, 0) is 0 Å². The second-order valence-electron chi connectivity index (χ2n) is 5.51. The van der Waals surface area contributed by atoms with Gasteiger partial charge in [-0.15, -0.1) is 0 Å². The number of hydrogen-bond donors (Lipinski definition) is 4. The summed E-state index contributed by atoms with van der Waals surface area (Å²) in [7, 11) is 0. The normalized spacial score (nSPS) is 10.2. The van der Waals surface area contributed by atoms with Crippen LogP contribution in [0.3, 0.4) is 0 Å². The van der Waals surface area contributed by atoms with Crippen LogP contribution in [0.5, 0.6) is 0 Å². The molecule has 0 radical (unpaired) electrons. The monoisotopic (exact) mass is 298 g/mol. The van der Waals surface area contributed by atoms with Crippen molar-refractivity contribution in [2.45, 2.75) is 78.1 Å². The summed E-state index contributed by atoms with van der Waals surface area (Å²) in [4.78, 5) is 11.5. The van der Waals surface area contributed by atoms with Crippen LogP contribution in [0.15, 0.2) is 0 Å². The van der Waals surface area contributed by atoms with Crippen LogP contribution >= 0.6 is 0 Å². The lowest BCUT2D eigenvalue weighted by atomic mass is 10.1. The smallest absolute Gasteiger partial charge is 0.321 e. The van der Waals surface area contributed by atoms with Crippen molar-refractivity contribution in [1.29, 1.82) is 5.41 Å². The van der Waals surface area contributed by atoms with Crippen LogP contribution in [0.1, 0.15) is 78.1 Å². The Labute approximate surface area is 130 Å². The molecule has 21 heavy (non-hydrogen) atoms. The van der Waals surface area contributed by atoms with Gasteiger partial charge < -0.3 is 10.6 Å². The fourth-order valence-corrected chi connectivity index (χ4v) is 2.07. The Morgan fingerprint density at radius 3 is 1.76 bits per heavy atom. The third kappa shape index (κ3) is 15.0. The number of unbranched alkanes of at least 4 members (excludes halogenated alkanes) is 8. The van der Waals surface area contributed by atoms with Gasteiger partial charge in [0.05, 0.1) is 0 Å². The predicted molar refractivity (Wildman–Crippen MR) is 89.8 cm³/mol. The molecule has 0 aliphatic heterocycles. The average Bonchev–Trinajstić information content (AvgIpc) is 2.46. The summed E-state index contributed by atoms with van der Waals surface area (Å²) in [5, 5.41) is 15.8. The van der Waals surface area contributed by atoms with Gasteiger partial charge in [0.2, 0.25) is 0 Å². The molecule has 0 bridgehead atoms. The lowest BCUT2D eigenvalue weighted by Crippen LogP contribution is -2.45. The topological polar surface area (TPSA) is 77.0 Å². The Balaban J connectivity index is 3.38. The number of guanidine groups is 1. The Morgan fingerprint density at radius 2 is 1.24 bits per heavy atom. The first-order chi connectivity index (χ1) is 10.2. The molecule has 0 aromatic heterocycles. The maximum atomic E-state index is 11.5. The molecule has 4 N–H and O–H groups in total. The molecule has 0 saturated heterocycles. The van der Waals surface area contributed by atoms with Gasteiger partial charge in [0.1, 0.15) is 0 Å². The zero-order valence-electron chi connectivity index (χ0n) is 13.9. The highest BCUT2D eigenvalue weighted by Crippen LogP contribution is 2.01. The molecule has 2 amide bonds. The molecule has 0 saturated carbocycles. The highest BCUT2D eigenvalue weighted by molar-refractivity contribution is 5.94. The van der Waals surface area contributed by atoms with Crippen molar-refractivity contribution >= 4 is 12.0 Å². The van der Waals surface area contributed by atoms with Crippen molar-refractivity contribution in [3.05, 3.63) is 0 Å². The molecule has 0 atom stereocenters. The summed E-state index contributed by atoms with van der Waals surface area (Å²) in [6.07, 6.45) is 11.9. The van der Waals surface area contributed by atoms with Crippen LogP contribution in [0, 0.1) is 5.41 Å². The Hall–Kier alpha value is -1.26. The summed E-state index contributed by atoms with van der Waals surface area (Å²) in [5.74, 6) is 0.0916. The van der Waals surface area contributed by atoms with Gasteiger partial charge in [0, 0.05) is 13.1 Å². The lowest BCUT2D eigenvalue weighted by molar-refractivity contribution is 0.244. The molecule has 0 spiro atoms. The van der Waals surface area contributed by atoms with Crippen LogP contribution < -0.4 is 16.0 Å². The summed E-state index contributed by atoms with van der Waals surface area (Å²) >= 11 is 0. The molecule has 124 valence electrons. The SMILES string of the molecule is CCCCCCCNC(=N)NC(=O)NCCCCCCC. The van der Waals surface area contributed by atoms with E-state index >= 15 is 0 Å². The standard InChI is InChI=1S/C16H34N4O/c1-3-5-7-9-11-13-18-15(17)20-16(21)19-14-12-10-8-6-4-2/h3-14H2,1-2H3,(H4,17,18,19,20,21). The first-order valence-corrected chi connectivity index (χ1v) is 8.58. The van der Waals surface area contributed by atoms with E-state index < -0.39 is 0 Å². The van der Waals surface area contributed by atoms with Gasteiger partial charge in [0.15, 0.2) is 5.96 Å². The molecule has 0 aliphatic carbocycles. The maximum absolute atomic E-state index is 11.5. The van der Waals surface area contributed by atoms with E-state index in [1.807, 2.05) is 0 Å². The van der Waals surface area contributed by atoms with E-state index in [1.165, 1.54) is 44.9 Å². The van der Waals surface area contributed by atoms with Crippen LogP contribution in [0.4, 0.5) is 4.79 Å². The summed E-state index contributed by atoms with van der Waals surface area (Å²) in [5.41, 5.74) is 0. The van der Waals surface area contributed by atoms with Gasteiger partial charge in [-0.2, -0.15) is 0 Å². The van der Waals surface area contributed by atoms with Crippen LogP contribution in [0.2, 0.25) is 0 Å². The van der Waals surface area contributed by atoms with Gasteiger partial charge in [-0.3, -0.25) is 10.7 Å². The summed E-state index contributed by atoms with van der Waals surface area (Å²) in [6.45, 7) is 5.81. The number of carbonyl (C=O) groups is 1. The zero-order valence-corrected chi connectivity index (χ0v) is 13.9. The number of hydrogen-bond acceptors (Lipinski definition) is 2. The molecule has 0 heterocycles. The minimum Gasteiger partial charge on any atom is -0.356 e. The minimum atomic E-state index is -0.283. The third-order valence-electron chi connectivity index (χ3n) is 3.39. The van der Waals surface area contributed by atoms with Crippen molar-refractivity contribution < 1.29 is 4.79 Å². The van der Waals surface area contributed by atoms with Crippen LogP contribution in [0.25, 0.3) is 0 Å². The maximum Gasteiger partial charge on any atom is 0.321 e. The number of nitrogens with one attached hydrogen (secondary N) is 4. The van der Waals surface area contributed by atoms with Crippen LogP contribution in [-0.4, -0.2) is 25.1 Å². The van der Waals surface area contributed by atoms with Crippen molar-refractivity contribution in [3.8, 4) is 0 Å². The number of carbonyl (C=O) groups excluding carboxylic acids is 1. The van der Waals surface area contributed by atoms with Crippen molar-refractivity contribution in [3.63, 3.8) is 0 Å². The van der Waals surface area contributed by atoms with E-state index in [0.717, 1.165) is 25.8 Å². The molecule has 0 fully saturated rings. The van der Waals surface area contributed by atoms with E-state index in [0.29, 0.717) is 6.54 Å². The van der Waals surface area contributed by atoms with E-state index in [2.05, 4.69) is 29.8 Å². The summed E-state index contributed by atoms with van der Waals surface area (Å²) in [6, 6.07) is -0.283. The minimum absolute atomic E-state index is 0.0916. The Bertz CT molecular complexity index is 243. The fraction of sp³-hybridized carbons (Fsp3) is 0.875. The molecule has 0 aromatic carbocycles. The largest absolute Gasteiger partial charge is 0.356 e. The summed E-state index contributed by atoms with van der Waals surface area (Å²) < 4.78 is 0. The number of urea groups is 1. The van der Waals surface area contributed by atoms with Gasteiger partial charge >= 0.3 is 6.03 Å². The van der Waals surface area contributed by atoms with E-state index in [4.69, 9.17) is 5.41 Å². The van der Waals surface area contributed by atoms with E-state index in [9.17, 15) is 4.79 Å². The Morgan fingerprint density at radius 1 is 0.762 bits per heavy atom. The quantitative estimate of drug-likeness (QED) is 0.251. The molecule has 5 heteroatoms. The van der Waals surface area contributed by atoms with Gasteiger partial charge in [-0.1, -0.05) is 65.2 Å². The fourth-order valence-electron chi connectivity index (χ4n) is 2.07. The zero-order chi connectivity index (χ0) is 15.8. The van der Waals surface area contributed by atoms with Gasteiger partial charge in [-0.05, 0) is 12.8 Å². The molecule has 5 nitrogen and oxygen atoms in total. The molecule has 0 rings (SSSR count). The Kier molecular flexibility index (Phi) is 14.2.